The van der Waals surface area contributed by atoms with Crippen molar-refractivity contribution in [1.29, 1.82) is 0 Å². The molecule has 2 atom stereocenters. The molecule has 38 heavy (non-hydrogen) atoms. The van der Waals surface area contributed by atoms with Crippen molar-refractivity contribution >= 4 is 57.1 Å². The molecule has 0 saturated carbocycles. The lowest BCUT2D eigenvalue weighted by Crippen LogP contribution is -2.32. The number of carboxylic acid groups (broad SMARTS) is 1. The standard InChI is InChI=1S/C17H25IO3.C12H16INO3/c1-6-9-20-14-7-8-15(18)13(11-14)10-12(2)16(19)21-17(3,4)5;1-2-5-17-9-3-4-10(13)8(6-9)7-11(14)12(15)16/h7-8,11-12H,6,9-10H2,1-5H3;3-4,6,11H,2,5,7,14H2,1H3,(H,15,16). The first-order chi connectivity index (χ1) is 17.8. The second-order valence-corrected chi connectivity index (χ2v) is 12.3. The Hall–Kier alpha value is -1.60. The number of esters is 1. The molecule has 7 nitrogen and oxygen atoms in total. The molecule has 2 unspecified atom stereocenters. The molecule has 0 heterocycles. The van der Waals surface area contributed by atoms with Crippen LogP contribution in [0.3, 0.4) is 0 Å². The molecule has 0 spiro atoms. The predicted molar refractivity (Wildman–Crippen MR) is 168 cm³/mol. The number of aliphatic carboxylic acids is 1. The van der Waals surface area contributed by atoms with Gasteiger partial charge < -0.3 is 25.1 Å². The molecule has 212 valence electrons. The molecule has 0 bridgehead atoms. The Morgan fingerprint density at radius 1 is 0.895 bits per heavy atom. The van der Waals surface area contributed by atoms with Gasteiger partial charge in [0.15, 0.2) is 0 Å². The lowest BCUT2D eigenvalue weighted by Gasteiger charge is -2.22. The van der Waals surface area contributed by atoms with Crippen LogP contribution in [0.15, 0.2) is 36.4 Å². The zero-order valence-electron chi connectivity index (χ0n) is 23.2. The maximum atomic E-state index is 12.1. The van der Waals surface area contributed by atoms with E-state index >= 15 is 0 Å². The molecule has 0 aliphatic rings. The van der Waals surface area contributed by atoms with Gasteiger partial charge in [-0.15, -0.1) is 0 Å². The Kier molecular flexibility index (Phi) is 15.6. The van der Waals surface area contributed by atoms with Crippen LogP contribution in [0.25, 0.3) is 0 Å². The Balaban J connectivity index is 0.000000389. The van der Waals surface area contributed by atoms with Crippen LogP contribution in [0.4, 0.5) is 0 Å². The van der Waals surface area contributed by atoms with E-state index in [4.69, 9.17) is 25.1 Å². The van der Waals surface area contributed by atoms with Crippen LogP contribution in [0.2, 0.25) is 0 Å². The Morgan fingerprint density at radius 2 is 1.34 bits per heavy atom. The highest BCUT2D eigenvalue weighted by atomic mass is 127. The van der Waals surface area contributed by atoms with Gasteiger partial charge in [-0.3, -0.25) is 9.59 Å². The molecular weight excluding hydrogens is 712 g/mol. The Morgan fingerprint density at radius 3 is 1.74 bits per heavy atom. The van der Waals surface area contributed by atoms with E-state index < -0.39 is 17.6 Å². The van der Waals surface area contributed by atoms with Crippen molar-refractivity contribution < 1.29 is 28.9 Å². The second-order valence-electron chi connectivity index (χ2n) is 9.99. The quantitative estimate of drug-likeness (QED) is 0.185. The maximum absolute atomic E-state index is 12.1. The molecule has 2 rings (SSSR count). The maximum Gasteiger partial charge on any atom is 0.320 e. The first-order valence-corrected chi connectivity index (χ1v) is 15.0. The van der Waals surface area contributed by atoms with Crippen molar-refractivity contribution in [3.05, 3.63) is 54.7 Å². The van der Waals surface area contributed by atoms with E-state index in [9.17, 15) is 9.59 Å². The SMILES string of the molecule is CCCOc1ccc(I)c(CC(C)C(=O)OC(C)(C)C)c1.CCCOc1ccc(I)c(CC(N)C(=O)O)c1. The molecule has 0 aliphatic carbocycles. The van der Waals surface area contributed by atoms with E-state index in [1.807, 2.05) is 71.0 Å². The highest BCUT2D eigenvalue weighted by Crippen LogP contribution is 2.24. The van der Waals surface area contributed by atoms with Gasteiger partial charge in [0, 0.05) is 7.14 Å². The number of ether oxygens (including phenoxy) is 3. The lowest BCUT2D eigenvalue weighted by molar-refractivity contribution is -0.159. The van der Waals surface area contributed by atoms with Crippen LogP contribution < -0.4 is 15.2 Å². The van der Waals surface area contributed by atoms with Gasteiger partial charge in [-0.1, -0.05) is 20.8 Å². The minimum Gasteiger partial charge on any atom is -0.494 e. The average molecular weight is 753 g/mol. The number of carbonyl (C=O) groups is 2. The highest BCUT2D eigenvalue weighted by Gasteiger charge is 2.22. The van der Waals surface area contributed by atoms with Crippen LogP contribution in [-0.4, -0.2) is 41.9 Å². The zero-order chi connectivity index (χ0) is 28.9. The van der Waals surface area contributed by atoms with Crippen LogP contribution >= 0.6 is 45.2 Å². The van der Waals surface area contributed by atoms with E-state index in [1.165, 1.54) is 0 Å². The summed E-state index contributed by atoms with van der Waals surface area (Å²) in [7, 11) is 0. The van der Waals surface area contributed by atoms with Gasteiger partial charge in [-0.05, 0) is 139 Å². The third-order valence-electron chi connectivity index (χ3n) is 5.07. The fraction of sp³-hybridized carbons (Fsp3) is 0.517. The van der Waals surface area contributed by atoms with E-state index in [0.29, 0.717) is 26.1 Å². The van der Waals surface area contributed by atoms with Gasteiger partial charge >= 0.3 is 11.9 Å². The van der Waals surface area contributed by atoms with E-state index in [0.717, 1.165) is 42.6 Å². The molecule has 0 radical (unpaired) electrons. The van der Waals surface area contributed by atoms with Gasteiger partial charge in [0.05, 0.1) is 19.1 Å². The third-order valence-corrected chi connectivity index (χ3v) is 7.18. The normalized spacial score (nSPS) is 12.6. The molecule has 0 fully saturated rings. The lowest BCUT2D eigenvalue weighted by atomic mass is 10.0. The Bertz CT molecular complexity index is 1040. The van der Waals surface area contributed by atoms with Gasteiger partial charge in [-0.25, -0.2) is 0 Å². The van der Waals surface area contributed by atoms with E-state index in [2.05, 4.69) is 52.1 Å². The monoisotopic (exact) mass is 753 g/mol. The van der Waals surface area contributed by atoms with Crippen LogP contribution in [0, 0.1) is 13.1 Å². The Labute approximate surface area is 254 Å². The summed E-state index contributed by atoms with van der Waals surface area (Å²) >= 11 is 4.46. The molecule has 0 aromatic heterocycles. The fourth-order valence-corrected chi connectivity index (χ4v) is 4.29. The van der Waals surface area contributed by atoms with Crippen molar-refractivity contribution in [3.8, 4) is 11.5 Å². The van der Waals surface area contributed by atoms with E-state index in [1.54, 1.807) is 0 Å². The summed E-state index contributed by atoms with van der Waals surface area (Å²) in [6.45, 7) is 13.1. The number of nitrogens with two attached hydrogens (primary N) is 1. The summed E-state index contributed by atoms with van der Waals surface area (Å²) in [5, 5.41) is 8.79. The van der Waals surface area contributed by atoms with Crippen molar-refractivity contribution in [2.45, 2.75) is 78.9 Å². The molecule has 2 aromatic carbocycles. The first kappa shape index (κ1) is 34.4. The average Bonchev–Trinajstić information content (AvgIpc) is 2.84. The van der Waals surface area contributed by atoms with Gasteiger partial charge in [0.2, 0.25) is 0 Å². The minimum atomic E-state index is -0.985. The largest absolute Gasteiger partial charge is 0.494 e. The van der Waals surface area contributed by atoms with E-state index in [-0.39, 0.29) is 11.9 Å². The molecule has 2 aromatic rings. The van der Waals surface area contributed by atoms with Gasteiger partial charge in [0.1, 0.15) is 23.1 Å². The number of rotatable bonds is 12. The number of carboxylic acids is 1. The molecule has 0 saturated heterocycles. The number of hydrogen-bond acceptors (Lipinski definition) is 6. The summed E-state index contributed by atoms with van der Waals surface area (Å²) < 4.78 is 18.7. The first-order valence-electron chi connectivity index (χ1n) is 12.8. The van der Waals surface area contributed by atoms with Crippen LogP contribution in [0.5, 0.6) is 11.5 Å². The summed E-state index contributed by atoms with van der Waals surface area (Å²) in [6.07, 6.45) is 2.90. The number of hydrogen-bond donors (Lipinski definition) is 2. The molecule has 0 aliphatic heterocycles. The summed E-state index contributed by atoms with van der Waals surface area (Å²) in [5.41, 5.74) is 7.12. The molecular formula is C29H41I2NO6. The van der Waals surface area contributed by atoms with Gasteiger partial charge in [-0.2, -0.15) is 0 Å². The van der Waals surface area contributed by atoms with Gasteiger partial charge in [0.25, 0.3) is 0 Å². The van der Waals surface area contributed by atoms with Crippen LogP contribution in [-0.2, 0) is 27.2 Å². The van der Waals surface area contributed by atoms with Crippen molar-refractivity contribution in [2.75, 3.05) is 13.2 Å². The predicted octanol–water partition coefficient (Wildman–Crippen LogP) is 6.63. The summed E-state index contributed by atoms with van der Waals surface area (Å²) in [4.78, 5) is 22.8. The number of halogens is 2. The summed E-state index contributed by atoms with van der Waals surface area (Å²) in [6, 6.07) is 10.8. The minimum absolute atomic E-state index is 0.154. The smallest absolute Gasteiger partial charge is 0.320 e. The molecule has 9 heteroatoms. The topological polar surface area (TPSA) is 108 Å². The van der Waals surface area contributed by atoms with Crippen molar-refractivity contribution in [1.82, 2.24) is 0 Å². The van der Waals surface area contributed by atoms with Crippen LogP contribution in [0.1, 0.15) is 65.5 Å². The second kappa shape index (κ2) is 17.2. The highest BCUT2D eigenvalue weighted by molar-refractivity contribution is 14.1. The van der Waals surface area contributed by atoms with Crippen molar-refractivity contribution in [3.63, 3.8) is 0 Å². The molecule has 0 amide bonds. The fourth-order valence-electron chi connectivity index (χ4n) is 3.17. The zero-order valence-corrected chi connectivity index (χ0v) is 27.5. The molecule has 3 N–H and O–H groups in total. The number of benzene rings is 2. The third kappa shape index (κ3) is 13.5. The van der Waals surface area contributed by atoms with Crippen molar-refractivity contribution in [2.24, 2.45) is 11.7 Å². The number of carbonyl (C=O) groups excluding carboxylic acids is 1. The summed E-state index contributed by atoms with van der Waals surface area (Å²) in [5.74, 6) is 0.321.